The molecule has 4 N–H and O–H groups in total. The van der Waals surface area contributed by atoms with Gasteiger partial charge < -0.3 is 20.6 Å². The third kappa shape index (κ3) is 16.5. The molecule has 37 heavy (non-hydrogen) atoms. The minimum atomic E-state index is -1.01. The topological polar surface area (TPSA) is 171 Å². The number of unbranched alkanes of at least 4 members (excludes halogenated alkanes) is 2. The summed E-state index contributed by atoms with van der Waals surface area (Å²) in [6.45, 7) is 6.15. The summed E-state index contributed by atoms with van der Waals surface area (Å²) in [5.74, 6) is -3.18. The Balaban J connectivity index is 2.74. The fourth-order valence-corrected chi connectivity index (χ4v) is 3.97. The van der Waals surface area contributed by atoms with Crippen molar-refractivity contribution in [3.8, 4) is 0 Å². The van der Waals surface area contributed by atoms with Crippen LogP contribution in [0.2, 0.25) is 0 Å². The third-order valence-electron chi connectivity index (χ3n) is 6.02. The minimum absolute atomic E-state index is 0.00261. The lowest BCUT2D eigenvalue weighted by molar-refractivity contribution is -0.140. The van der Waals surface area contributed by atoms with Crippen LogP contribution in [0.1, 0.15) is 25.7 Å². The molecule has 1 rings (SSSR count). The lowest BCUT2D eigenvalue weighted by Gasteiger charge is -2.32. The lowest BCUT2D eigenvalue weighted by atomic mass is 10.1. The quantitative estimate of drug-likeness (QED) is 0.150. The summed E-state index contributed by atoms with van der Waals surface area (Å²) in [5, 5.41) is 30.7. The van der Waals surface area contributed by atoms with Gasteiger partial charge in [0.1, 0.15) is 0 Å². The Hall–Kier alpha value is -2.87. The van der Waals surface area contributed by atoms with Crippen LogP contribution in [-0.2, 0) is 24.0 Å². The molecule has 1 saturated heterocycles. The van der Waals surface area contributed by atoms with Crippen molar-refractivity contribution in [1.82, 2.24) is 24.9 Å². The van der Waals surface area contributed by atoms with E-state index in [0.717, 1.165) is 19.3 Å². The van der Waals surface area contributed by atoms with Gasteiger partial charge in [-0.15, -0.1) is 0 Å². The number of carbonyl (C=O) groups excluding carboxylic acids is 2. The first-order valence-electron chi connectivity index (χ1n) is 12.6. The summed E-state index contributed by atoms with van der Waals surface area (Å²) in [7, 11) is 0. The summed E-state index contributed by atoms with van der Waals surface area (Å²) >= 11 is 0. The number of rotatable bonds is 15. The van der Waals surface area contributed by atoms with Crippen LogP contribution in [0.4, 0.5) is 0 Å². The number of hydrogen-bond donors (Lipinski definition) is 4. The predicted octanol–water partition coefficient (Wildman–Crippen LogP) is -1.11. The third-order valence-corrected chi connectivity index (χ3v) is 6.02. The Kier molecular flexibility index (Phi) is 16.0. The second-order valence-corrected chi connectivity index (χ2v) is 9.12. The molecular weight excluding hydrogens is 486 g/mol. The van der Waals surface area contributed by atoms with E-state index in [9.17, 15) is 39.3 Å². The highest BCUT2D eigenvalue weighted by Gasteiger charge is 2.21. The van der Waals surface area contributed by atoms with Gasteiger partial charge in [0.15, 0.2) is 5.78 Å². The molecule has 0 aromatic carbocycles. The molecule has 0 aromatic rings. The van der Waals surface area contributed by atoms with Gasteiger partial charge in [-0.25, -0.2) is 0 Å². The van der Waals surface area contributed by atoms with Gasteiger partial charge in [-0.2, -0.15) is 0 Å². The normalized spacial score (nSPS) is 17.3. The Labute approximate surface area is 217 Å². The van der Waals surface area contributed by atoms with Crippen molar-refractivity contribution in [1.29, 1.82) is 0 Å². The van der Waals surface area contributed by atoms with Crippen molar-refractivity contribution in [3.63, 3.8) is 0 Å². The van der Waals surface area contributed by atoms with Crippen molar-refractivity contribution in [2.24, 2.45) is 0 Å². The number of allylic oxidation sites excluding steroid dienone is 1. The fraction of sp³-hybridized carbons (Fsp3) is 0.708. The zero-order valence-corrected chi connectivity index (χ0v) is 21.5. The highest BCUT2D eigenvalue weighted by molar-refractivity contribution is 5.88. The van der Waals surface area contributed by atoms with Gasteiger partial charge >= 0.3 is 17.9 Å². The molecule has 13 heteroatoms. The number of carboxylic acid groups (broad SMARTS) is 3. The molecule has 0 atom stereocenters. The molecule has 1 heterocycles. The van der Waals surface area contributed by atoms with Crippen LogP contribution < -0.4 is 5.32 Å². The maximum absolute atomic E-state index is 12.5. The van der Waals surface area contributed by atoms with Crippen LogP contribution in [0.15, 0.2) is 12.7 Å². The number of ketones is 1. The molecule has 1 aliphatic rings. The van der Waals surface area contributed by atoms with E-state index in [2.05, 4.69) is 11.9 Å². The first-order valence-corrected chi connectivity index (χ1v) is 12.6. The minimum Gasteiger partial charge on any atom is -0.480 e. The second-order valence-electron chi connectivity index (χ2n) is 9.12. The summed E-state index contributed by atoms with van der Waals surface area (Å²) in [6.07, 6.45) is 4.02. The van der Waals surface area contributed by atoms with E-state index in [0.29, 0.717) is 65.3 Å². The summed E-state index contributed by atoms with van der Waals surface area (Å²) in [6, 6.07) is 0. The predicted molar refractivity (Wildman–Crippen MR) is 135 cm³/mol. The summed E-state index contributed by atoms with van der Waals surface area (Å²) < 4.78 is 0. The molecule has 0 radical (unpaired) electrons. The molecule has 1 aliphatic heterocycles. The number of aliphatic carboxylic acids is 3. The van der Waals surface area contributed by atoms with Crippen molar-refractivity contribution in [2.75, 3.05) is 85.1 Å². The van der Waals surface area contributed by atoms with E-state index in [-0.39, 0.29) is 37.9 Å². The van der Waals surface area contributed by atoms with Crippen molar-refractivity contribution in [3.05, 3.63) is 12.7 Å². The molecule has 0 unspecified atom stereocenters. The number of hydrogen-bond acceptors (Lipinski definition) is 9. The highest BCUT2D eigenvalue weighted by Crippen LogP contribution is 2.03. The molecule has 210 valence electrons. The molecule has 1 fully saturated rings. The molecule has 0 spiro atoms. The lowest BCUT2D eigenvalue weighted by Crippen LogP contribution is -2.49. The van der Waals surface area contributed by atoms with Gasteiger partial charge in [-0.05, 0) is 18.9 Å². The maximum Gasteiger partial charge on any atom is 0.317 e. The average molecular weight is 528 g/mol. The molecule has 0 bridgehead atoms. The summed E-state index contributed by atoms with van der Waals surface area (Å²) in [4.78, 5) is 64.7. The Bertz CT molecular complexity index is 746. The van der Waals surface area contributed by atoms with Crippen molar-refractivity contribution < 1.29 is 39.3 Å². The van der Waals surface area contributed by atoms with E-state index in [1.54, 1.807) is 14.7 Å². The van der Waals surface area contributed by atoms with Gasteiger partial charge in [0.05, 0.1) is 26.2 Å². The van der Waals surface area contributed by atoms with Gasteiger partial charge in [0.2, 0.25) is 5.91 Å². The van der Waals surface area contributed by atoms with E-state index in [1.165, 1.54) is 6.08 Å². The Morgan fingerprint density at radius 1 is 0.622 bits per heavy atom. The number of nitrogens with zero attached hydrogens (tertiary/aromatic N) is 4. The van der Waals surface area contributed by atoms with Gasteiger partial charge in [-0.3, -0.25) is 43.6 Å². The van der Waals surface area contributed by atoms with Crippen LogP contribution >= 0.6 is 0 Å². The summed E-state index contributed by atoms with van der Waals surface area (Å²) in [5.41, 5.74) is 0. The number of carbonyl (C=O) groups is 5. The second kappa shape index (κ2) is 18.4. The number of amides is 1. The first-order chi connectivity index (χ1) is 17.6. The molecular formula is C24H41N5O8. The number of nitrogens with one attached hydrogen (secondary N) is 1. The van der Waals surface area contributed by atoms with Crippen LogP contribution in [0.25, 0.3) is 0 Å². The first kappa shape index (κ1) is 32.2. The average Bonchev–Trinajstić information content (AvgIpc) is 2.81. The van der Waals surface area contributed by atoms with Crippen LogP contribution in [0, 0.1) is 0 Å². The smallest absolute Gasteiger partial charge is 0.317 e. The Morgan fingerprint density at radius 2 is 1.00 bits per heavy atom. The van der Waals surface area contributed by atoms with Crippen molar-refractivity contribution >= 4 is 29.6 Å². The molecule has 1 amide bonds. The van der Waals surface area contributed by atoms with Crippen LogP contribution in [-0.4, -0.2) is 150 Å². The fourth-order valence-electron chi connectivity index (χ4n) is 3.97. The maximum atomic E-state index is 12.5. The highest BCUT2D eigenvalue weighted by atomic mass is 16.4. The van der Waals surface area contributed by atoms with Crippen LogP contribution in [0.3, 0.4) is 0 Å². The number of carboxylic acids is 3. The van der Waals surface area contributed by atoms with E-state index in [4.69, 9.17) is 0 Å². The standard InChI is InChI=1S/C24H41N5O8/c1-2-20(30)6-4-3-5-7-25-21(31)16-26-8-10-27(17-22(32)33)12-14-29(19-24(36)37)15-13-28(11-9-26)18-23(34)35/h2H,1,3-19H2,(H,25,31)(H,32,33)(H,34,35)(H,36,37). The monoisotopic (exact) mass is 527 g/mol. The van der Waals surface area contributed by atoms with Gasteiger partial charge in [0, 0.05) is 65.3 Å². The molecule has 0 aromatic heterocycles. The Morgan fingerprint density at radius 3 is 1.35 bits per heavy atom. The van der Waals surface area contributed by atoms with Crippen molar-refractivity contribution in [2.45, 2.75) is 25.7 Å². The zero-order chi connectivity index (χ0) is 27.6. The van der Waals surface area contributed by atoms with E-state index < -0.39 is 17.9 Å². The molecule has 0 saturated carbocycles. The van der Waals surface area contributed by atoms with Gasteiger partial charge in [0.25, 0.3) is 0 Å². The largest absolute Gasteiger partial charge is 0.480 e. The SMILES string of the molecule is C=CC(=O)CCCCCNC(=O)CN1CCN(CC(=O)O)CCN(CC(=O)O)CCN(CC(=O)O)CC1. The van der Waals surface area contributed by atoms with Gasteiger partial charge in [-0.1, -0.05) is 13.0 Å². The van der Waals surface area contributed by atoms with E-state index >= 15 is 0 Å². The molecule has 0 aliphatic carbocycles. The van der Waals surface area contributed by atoms with E-state index in [1.807, 2.05) is 4.90 Å². The molecule has 13 nitrogen and oxygen atoms in total. The van der Waals surface area contributed by atoms with Crippen LogP contribution in [0.5, 0.6) is 0 Å². The zero-order valence-electron chi connectivity index (χ0n) is 21.5.